The number of anilines is 1. The molecule has 1 aliphatic rings. The Morgan fingerprint density at radius 2 is 2.19 bits per heavy atom. The smallest absolute Gasteiger partial charge is 0.321 e. The first-order valence-electron chi connectivity index (χ1n) is 8.57. The molecule has 0 spiro atoms. The van der Waals surface area contributed by atoms with Crippen molar-refractivity contribution >= 4 is 17.6 Å². The third-order valence-electron chi connectivity index (χ3n) is 4.59. The highest BCUT2D eigenvalue weighted by Gasteiger charge is 2.25. The van der Waals surface area contributed by atoms with Crippen LogP contribution in [0.1, 0.15) is 34.8 Å². The zero-order valence-corrected chi connectivity index (χ0v) is 14.9. The van der Waals surface area contributed by atoms with E-state index in [0.29, 0.717) is 30.1 Å². The maximum Gasteiger partial charge on any atom is 0.321 e. The molecule has 1 fully saturated rings. The molecule has 1 aromatic carbocycles. The number of urea groups is 1. The number of amides is 3. The Kier molecular flexibility index (Phi) is 5.40. The monoisotopic (exact) mass is 357 g/mol. The maximum atomic E-state index is 12.6. The van der Waals surface area contributed by atoms with Crippen LogP contribution in [0.3, 0.4) is 0 Å². The average Bonchev–Trinajstić information content (AvgIpc) is 3.22. The highest BCUT2D eigenvalue weighted by molar-refractivity contribution is 5.99. The summed E-state index contributed by atoms with van der Waals surface area (Å²) in [6.07, 6.45) is 3.69. The maximum absolute atomic E-state index is 12.6. The largest absolute Gasteiger partial charge is 0.496 e. The second kappa shape index (κ2) is 7.90. The summed E-state index contributed by atoms with van der Waals surface area (Å²) in [5, 5.41) is 12.4. The van der Waals surface area contributed by atoms with E-state index in [1.807, 2.05) is 6.07 Å². The van der Waals surface area contributed by atoms with E-state index in [0.717, 1.165) is 18.5 Å². The zero-order valence-electron chi connectivity index (χ0n) is 14.9. The minimum Gasteiger partial charge on any atom is -0.496 e. The highest BCUT2D eigenvalue weighted by Crippen LogP contribution is 2.27. The number of piperidine rings is 1. The van der Waals surface area contributed by atoms with Crippen molar-refractivity contribution in [1.29, 1.82) is 0 Å². The lowest BCUT2D eigenvalue weighted by atomic mass is 9.95. The summed E-state index contributed by atoms with van der Waals surface area (Å²) < 4.78 is 5.21. The predicted octanol–water partition coefficient (Wildman–Crippen LogP) is 2.19. The Morgan fingerprint density at radius 3 is 2.88 bits per heavy atom. The van der Waals surface area contributed by atoms with Crippen LogP contribution in [0.15, 0.2) is 30.5 Å². The first-order chi connectivity index (χ1) is 12.6. The Bertz CT molecular complexity index is 775. The molecule has 0 bridgehead atoms. The molecule has 0 unspecified atom stereocenters. The van der Waals surface area contributed by atoms with Crippen molar-refractivity contribution in [3.63, 3.8) is 0 Å². The number of carbonyl (C=O) groups is 2. The normalized spacial score (nSPS) is 16.8. The number of carbonyl (C=O) groups excluding carboxylic acids is 2. The number of aromatic nitrogens is 2. The van der Waals surface area contributed by atoms with Crippen LogP contribution >= 0.6 is 0 Å². The fourth-order valence-corrected chi connectivity index (χ4v) is 3.21. The molecule has 2 heterocycles. The Hall–Kier alpha value is -3.03. The molecular formula is C18H23N5O3. The molecule has 26 heavy (non-hydrogen) atoms. The molecule has 0 saturated carbocycles. The van der Waals surface area contributed by atoms with Gasteiger partial charge in [-0.25, -0.2) is 4.79 Å². The van der Waals surface area contributed by atoms with Gasteiger partial charge >= 0.3 is 6.03 Å². The lowest BCUT2D eigenvalue weighted by Gasteiger charge is -2.32. The number of benzene rings is 1. The molecule has 1 atom stereocenters. The summed E-state index contributed by atoms with van der Waals surface area (Å²) >= 11 is 0. The van der Waals surface area contributed by atoms with Gasteiger partial charge in [0.15, 0.2) is 0 Å². The highest BCUT2D eigenvalue weighted by atomic mass is 16.5. The Balaban J connectivity index is 1.70. The van der Waals surface area contributed by atoms with Gasteiger partial charge in [0.05, 0.1) is 12.7 Å². The van der Waals surface area contributed by atoms with E-state index in [2.05, 4.69) is 20.8 Å². The SMILES string of the molecule is CNC(=O)c1cc(NC(=O)N2CCC[C@@H](c3ccn[nH]3)C2)ccc1OC. The minimum absolute atomic E-state index is 0.178. The number of hydrogen-bond donors (Lipinski definition) is 3. The van der Waals surface area contributed by atoms with Crippen LogP contribution in [0.25, 0.3) is 0 Å². The van der Waals surface area contributed by atoms with Gasteiger partial charge in [-0.2, -0.15) is 5.10 Å². The quantitative estimate of drug-likeness (QED) is 0.781. The first-order valence-corrected chi connectivity index (χ1v) is 8.57. The molecule has 3 amide bonds. The number of ether oxygens (including phenoxy) is 1. The molecule has 3 N–H and O–H groups in total. The van der Waals surface area contributed by atoms with E-state index in [9.17, 15) is 9.59 Å². The van der Waals surface area contributed by atoms with Gasteiger partial charge in [-0.05, 0) is 37.1 Å². The van der Waals surface area contributed by atoms with Gasteiger partial charge in [0.1, 0.15) is 5.75 Å². The van der Waals surface area contributed by atoms with Crippen LogP contribution in [-0.4, -0.2) is 54.3 Å². The van der Waals surface area contributed by atoms with Crippen molar-refractivity contribution in [2.24, 2.45) is 0 Å². The van der Waals surface area contributed by atoms with E-state index in [1.54, 1.807) is 36.3 Å². The van der Waals surface area contributed by atoms with Gasteiger partial charge in [-0.15, -0.1) is 0 Å². The standard InChI is InChI=1S/C18H23N5O3/c1-19-17(24)14-10-13(5-6-16(14)26-2)21-18(25)23-9-3-4-12(11-23)15-7-8-20-22-15/h5-8,10,12H,3-4,9,11H2,1-2H3,(H,19,24)(H,20,22)(H,21,25)/t12-/m1/s1. The first kappa shape index (κ1) is 17.8. The molecular weight excluding hydrogens is 334 g/mol. The molecule has 0 radical (unpaired) electrons. The van der Waals surface area contributed by atoms with Gasteiger partial charge in [0, 0.05) is 43.6 Å². The van der Waals surface area contributed by atoms with Crippen LogP contribution in [0.2, 0.25) is 0 Å². The van der Waals surface area contributed by atoms with Gasteiger partial charge in [0.25, 0.3) is 5.91 Å². The second-order valence-electron chi connectivity index (χ2n) is 6.22. The van der Waals surface area contributed by atoms with Crippen LogP contribution in [0, 0.1) is 0 Å². The van der Waals surface area contributed by atoms with E-state index in [-0.39, 0.29) is 17.9 Å². The predicted molar refractivity (Wildman–Crippen MR) is 97.5 cm³/mol. The second-order valence-corrected chi connectivity index (χ2v) is 6.22. The summed E-state index contributed by atoms with van der Waals surface area (Å²) in [5.41, 5.74) is 1.98. The van der Waals surface area contributed by atoms with Crippen molar-refractivity contribution in [1.82, 2.24) is 20.4 Å². The molecule has 1 saturated heterocycles. The summed E-state index contributed by atoms with van der Waals surface area (Å²) in [4.78, 5) is 26.4. The van der Waals surface area contributed by atoms with Crippen molar-refractivity contribution in [2.75, 3.05) is 32.6 Å². The van der Waals surface area contributed by atoms with Crippen LogP contribution in [0.5, 0.6) is 5.75 Å². The van der Waals surface area contributed by atoms with Gasteiger partial charge in [-0.3, -0.25) is 9.89 Å². The van der Waals surface area contributed by atoms with Crippen molar-refractivity contribution < 1.29 is 14.3 Å². The molecule has 3 rings (SSSR count). The van der Waals surface area contributed by atoms with Crippen molar-refractivity contribution in [2.45, 2.75) is 18.8 Å². The van der Waals surface area contributed by atoms with E-state index in [1.165, 1.54) is 7.11 Å². The van der Waals surface area contributed by atoms with Crippen molar-refractivity contribution in [3.8, 4) is 5.75 Å². The molecule has 8 heteroatoms. The number of methoxy groups -OCH3 is 1. The fraction of sp³-hybridized carbons (Fsp3) is 0.389. The summed E-state index contributed by atoms with van der Waals surface area (Å²) in [6.45, 7) is 1.33. The fourth-order valence-electron chi connectivity index (χ4n) is 3.21. The van der Waals surface area contributed by atoms with E-state index in [4.69, 9.17) is 4.74 Å². The number of aromatic amines is 1. The Morgan fingerprint density at radius 1 is 1.35 bits per heavy atom. The third-order valence-corrected chi connectivity index (χ3v) is 4.59. The van der Waals surface area contributed by atoms with E-state index >= 15 is 0 Å². The summed E-state index contributed by atoms with van der Waals surface area (Å²) in [6, 6.07) is 6.78. The van der Waals surface area contributed by atoms with Gasteiger partial charge in [0.2, 0.25) is 0 Å². The number of rotatable bonds is 4. The number of H-pyrrole nitrogens is 1. The molecule has 0 aliphatic carbocycles. The Labute approximate surface area is 151 Å². The molecule has 2 aromatic rings. The topological polar surface area (TPSA) is 99.4 Å². The van der Waals surface area contributed by atoms with Gasteiger partial charge < -0.3 is 20.3 Å². The van der Waals surface area contributed by atoms with E-state index < -0.39 is 0 Å². The molecule has 138 valence electrons. The van der Waals surface area contributed by atoms with Crippen molar-refractivity contribution in [3.05, 3.63) is 41.7 Å². The number of nitrogens with zero attached hydrogens (tertiary/aromatic N) is 2. The lowest BCUT2D eigenvalue weighted by molar-refractivity contribution is 0.0960. The van der Waals surface area contributed by atoms with Crippen LogP contribution in [0.4, 0.5) is 10.5 Å². The lowest BCUT2D eigenvalue weighted by Crippen LogP contribution is -2.41. The number of nitrogens with one attached hydrogen (secondary N) is 3. The molecule has 8 nitrogen and oxygen atoms in total. The molecule has 1 aromatic heterocycles. The van der Waals surface area contributed by atoms with Crippen LogP contribution < -0.4 is 15.4 Å². The van der Waals surface area contributed by atoms with Crippen LogP contribution in [-0.2, 0) is 0 Å². The minimum atomic E-state index is -0.268. The summed E-state index contributed by atoms with van der Waals surface area (Å²) in [5.74, 6) is 0.448. The molecule has 1 aliphatic heterocycles. The third kappa shape index (κ3) is 3.79. The number of likely N-dealkylation sites (tertiary alicyclic amines) is 1. The number of hydrogen-bond acceptors (Lipinski definition) is 4. The average molecular weight is 357 g/mol. The summed E-state index contributed by atoms with van der Waals surface area (Å²) in [7, 11) is 3.06. The zero-order chi connectivity index (χ0) is 18.5. The van der Waals surface area contributed by atoms with Gasteiger partial charge in [-0.1, -0.05) is 0 Å².